The Morgan fingerprint density at radius 3 is 2.03 bits per heavy atom. The predicted octanol–water partition coefficient (Wildman–Crippen LogP) is 14.9. The topological polar surface area (TPSA) is 24.7 Å². The summed E-state index contributed by atoms with van der Waals surface area (Å²) < 4.78 is 0. The third-order valence-corrected chi connectivity index (χ3v) is 13.9. The fraction of sp³-hybridized carbons (Fsp3) is 0.298. The number of hydrogen-bond donors (Lipinski definition) is 0. The maximum absolute atomic E-state index is 5.48. The van der Waals surface area contributed by atoms with E-state index in [1.54, 1.807) is 0 Å². The molecule has 5 aromatic carbocycles. The summed E-state index contributed by atoms with van der Waals surface area (Å²) in [6.45, 7) is 13.6. The van der Waals surface area contributed by atoms with Crippen LogP contribution < -0.4 is 0 Å². The first-order chi connectivity index (χ1) is 28.9. The molecule has 2 nitrogen and oxygen atoms in total. The zero-order valence-corrected chi connectivity index (χ0v) is 35.5. The molecule has 0 N–H and O–H groups in total. The van der Waals surface area contributed by atoms with Gasteiger partial charge in [0.15, 0.2) is 5.84 Å². The molecule has 8 rings (SSSR count). The second-order valence-corrected chi connectivity index (χ2v) is 17.2. The van der Waals surface area contributed by atoms with E-state index < -0.39 is 0 Å². The molecule has 7 atom stereocenters. The van der Waals surface area contributed by atoms with Crippen molar-refractivity contribution in [3.05, 3.63) is 198 Å². The van der Waals surface area contributed by atoms with Crippen LogP contribution in [0.25, 0.3) is 27.6 Å². The minimum Gasteiger partial charge on any atom is -0.232 e. The number of nitrogens with zero attached hydrogens (tertiary/aromatic N) is 2. The molecular weight excluding hydrogens is 713 g/mol. The van der Waals surface area contributed by atoms with Gasteiger partial charge in [-0.05, 0) is 112 Å². The third kappa shape index (κ3) is 8.74. The fourth-order valence-electron chi connectivity index (χ4n) is 10.4. The minimum absolute atomic E-state index is 0.548. The predicted molar refractivity (Wildman–Crippen MR) is 254 cm³/mol. The maximum Gasteiger partial charge on any atom is 0.160 e. The summed E-state index contributed by atoms with van der Waals surface area (Å²) in [5.41, 5.74) is 10.6. The lowest BCUT2D eigenvalue weighted by molar-refractivity contribution is 0.0805. The molecule has 1 saturated carbocycles. The van der Waals surface area contributed by atoms with Gasteiger partial charge in [-0.25, -0.2) is 9.98 Å². The van der Waals surface area contributed by atoms with E-state index in [0.717, 1.165) is 47.6 Å². The lowest BCUT2D eigenvalue weighted by Gasteiger charge is -2.45. The highest BCUT2D eigenvalue weighted by molar-refractivity contribution is 6.19. The van der Waals surface area contributed by atoms with Gasteiger partial charge in [-0.2, -0.15) is 0 Å². The number of aliphatic imine (C=N–C) groups is 2. The van der Waals surface area contributed by atoms with Crippen LogP contribution in [0.4, 0.5) is 0 Å². The Hall–Kier alpha value is -5.60. The van der Waals surface area contributed by atoms with E-state index in [9.17, 15) is 0 Å². The highest BCUT2D eigenvalue weighted by atomic mass is 14.9. The van der Waals surface area contributed by atoms with Gasteiger partial charge in [-0.3, -0.25) is 0 Å². The van der Waals surface area contributed by atoms with E-state index in [1.807, 2.05) is 6.08 Å². The highest BCUT2D eigenvalue weighted by Gasteiger charge is 2.40. The Bertz CT molecular complexity index is 2420. The van der Waals surface area contributed by atoms with Crippen LogP contribution in [-0.2, 0) is 6.42 Å². The van der Waals surface area contributed by atoms with E-state index in [-0.39, 0.29) is 0 Å². The number of allylic oxidation sites excluding steroid dienone is 8. The van der Waals surface area contributed by atoms with Crippen molar-refractivity contribution >= 4 is 28.0 Å². The van der Waals surface area contributed by atoms with E-state index in [1.165, 1.54) is 57.9 Å². The highest BCUT2D eigenvalue weighted by Crippen LogP contribution is 2.48. The lowest BCUT2D eigenvalue weighted by atomic mass is 9.59. The standard InChI is InChI=1S/C57H60N2/c1-6-9-20-44-33-34-50(40(5)39(44)4)52-28-19-18-27-51(52)42(7-2)35-41-29-31-45(32-30-41)53-36-48-25-16-17-26-49(48)37-54(53)55-38-43(8-3)56(46-21-12-10-13-22-46)59-57(58-55)47-23-14-11-15-24-47/h6,9-32,36-37,39-40,42,44,50-52H,1,7-8,33-35,38H2,2-5H3/b20-9-/t39-,40?,42?,44?,50?,51?,52?/m0/s1. The van der Waals surface area contributed by atoms with Crippen molar-refractivity contribution in [3.63, 3.8) is 0 Å². The normalized spacial score (nSPS) is 23.9. The van der Waals surface area contributed by atoms with Crippen LogP contribution in [0.5, 0.6) is 0 Å². The number of hydrogen-bond acceptors (Lipinski definition) is 2. The molecule has 2 aliphatic carbocycles. The molecular formula is C57H60N2. The molecule has 0 radical (unpaired) electrons. The van der Waals surface area contributed by atoms with Gasteiger partial charge in [-0.1, -0.05) is 192 Å². The number of rotatable bonds is 12. The van der Waals surface area contributed by atoms with Crippen LogP contribution in [0.15, 0.2) is 186 Å². The van der Waals surface area contributed by atoms with Crippen molar-refractivity contribution in [1.29, 1.82) is 0 Å². The first kappa shape index (κ1) is 40.2. The Morgan fingerprint density at radius 2 is 1.36 bits per heavy atom. The van der Waals surface area contributed by atoms with Crippen molar-refractivity contribution in [3.8, 4) is 11.1 Å². The Labute approximate surface area is 353 Å². The van der Waals surface area contributed by atoms with Crippen LogP contribution >= 0.6 is 0 Å². The maximum atomic E-state index is 5.48. The lowest BCUT2D eigenvalue weighted by Crippen LogP contribution is -2.38. The molecule has 0 amide bonds. The second kappa shape index (κ2) is 18.5. The Morgan fingerprint density at radius 1 is 0.695 bits per heavy atom. The van der Waals surface area contributed by atoms with Gasteiger partial charge >= 0.3 is 0 Å². The minimum atomic E-state index is 0.548. The van der Waals surface area contributed by atoms with Crippen molar-refractivity contribution in [1.82, 2.24) is 0 Å². The molecule has 0 saturated heterocycles. The third-order valence-electron chi connectivity index (χ3n) is 13.9. The SMILES string of the molecule is C=C/C=C\C1CCC(C2C=CC=CC2C(CC)Cc2ccc(-c3cc4ccccc4cc3C3=NC(c4ccccc4)=NC(c4ccccc4)=C(CC)C3)cc2)C(C)[C@@H]1C. The summed E-state index contributed by atoms with van der Waals surface area (Å²) in [5, 5.41) is 2.46. The van der Waals surface area contributed by atoms with Crippen LogP contribution in [-0.4, -0.2) is 11.5 Å². The van der Waals surface area contributed by atoms with Gasteiger partial charge < -0.3 is 0 Å². The van der Waals surface area contributed by atoms with Gasteiger partial charge in [0.25, 0.3) is 0 Å². The summed E-state index contributed by atoms with van der Waals surface area (Å²) in [6.07, 6.45) is 22.7. The van der Waals surface area contributed by atoms with E-state index in [2.05, 4.69) is 192 Å². The summed E-state index contributed by atoms with van der Waals surface area (Å²) in [5.74, 6) is 5.18. The van der Waals surface area contributed by atoms with Crippen LogP contribution in [0.2, 0.25) is 0 Å². The van der Waals surface area contributed by atoms with Crippen molar-refractivity contribution < 1.29 is 0 Å². The van der Waals surface area contributed by atoms with E-state index in [0.29, 0.717) is 41.4 Å². The van der Waals surface area contributed by atoms with Gasteiger partial charge in [-0.15, -0.1) is 0 Å². The molecule has 6 unspecified atom stereocenters. The molecule has 1 heterocycles. The van der Waals surface area contributed by atoms with Crippen LogP contribution in [0, 0.1) is 41.4 Å². The summed E-state index contributed by atoms with van der Waals surface area (Å²) >= 11 is 0. The molecule has 2 heteroatoms. The van der Waals surface area contributed by atoms with Crippen molar-refractivity contribution in [2.75, 3.05) is 0 Å². The molecule has 0 spiro atoms. The molecule has 1 fully saturated rings. The molecule has 5 aromatic rings. The van der Waals surface area contributed by atoms with Gasteiger partial charge in [0.2, 0.25) is 0 Å². The molecule has 298 valence electrons. The second-order valence-electron chi connectivity index (χ2n) is 17.2. The van der Waals surface area contributed by atoms with E-state index >= 15 is 0 Å². The van der Waals surface area contributed by atoms with E-state index in [4.69, 9.17) is 9.98 Å². The van der Waals surface area contributed by atoms with Crippen molar-refractivity contribution in [2.45, 2.75) is 66.2 Å². The number of fused-ring (bicyclic) bond motifs is 1. The smallest absolute Gasteiger partial charge is 0.160 e. The molecule has 3 aliphatic rings. The molecule has 0 bridgehead atoms. The van der Waals surface area contributed by atoms with Crippen LogP contribution in [0.3, 0.4) is 0 Å². The van der Waals surface area contributed by atoms with Crippen molar-refractivity contribution in [2.24, 2.45) is 51.4 Å². The summed E-state index contributed by atoms with van der Waals surface area (Å²) in [7, 11) is 0. The largest absolute Gasteiger partial charge is 0.232 e. The van der Waals surface area contributed by atoms with Gasteiger partial charge in [0.05, 0.1) is 11.4 Å². The fourth-order valence-corrected chi connectivity index (χ4v) is 10.4. The Kier molecular flexibility index (Phi) is 12.6. The number of benzene rings is 5. The van der Waals surface area contributed by atoms with Gasteiger partial charge in [0, 0.05) is 23.1 Å². The van der Waals surface area contributed by atoms with Crippen LogP contribution in [0.1, 0.15) is 82.1 Å². The quantitative estimate of drug-likeness (QED) is 0.113. The first-order valence-corrected chi connectivity index (χ1v) is 22.2. The zero-order valence-electron chi connectivity index (χ0n) is 35.5. The molecule has 59 heavy (non-hydrogen) atoms. The Balaban J connectivity index is 1.12. The first-order valence-electron chi connectivity index (χ1n) is 22.2. The zero-order chi connectivity index (χ0) is 40.7. The average molecular weight is 773 g/mol. The number of amidine groups is 1. The monoisotopic (exact) mass is 772 g/mol. The molecule has 0 aromatic heterocycles. The summed E-state index contributed by atoms with van der Waals surface area (Å²) in [6, 6.07) is 44.1. The average Bonchev–Trinajstić information content (AvgIpc) is 3.49. The summed E-state index contributed by atoms with van der Waals surface area (Å²) in [4.78, 5) is 10.8. The molecule has 1 aliphatic heterocycles. The van der Waals surface area contributed by atoms with Gasteiger partial charge in [0.1, 0.15) is 0 Å².